The summed E-state index contributed by atoms with van der Waals surface area (Å²) < 4.78 is 20.3. The lowest BCUT2D eigenvalue weighted by Gasteiger charge is -2.27. The molecule has 2 aliphatic heterocycles. The van der Waals surface area contributed by atoms with Crippen molar-refractivity contribution in [3.63, 3.8) is 0 Å². The number of Topliss-reactive ketones (excluding diaryl/α,β-unsaturated/α-hetero) is 1. The van der Waals surface area contributed by atoms with E-state index >= 15 is 0 Å². The van der Waals surface area contributed by atoms with Crippen molar-refractivity contribution in [2.45, 2.75) is 12.3 Å². The summed E-state index contributed by atoms with van der Waals surface area (Å²) in [6.07, 6.45) is 5.59. The first-order chi connectivity index (χ1) is 15.9. The zero-order valence-electron chi connectivity index (χ0n) is 18.5. The van der Waals surface area contributed by atoms with E-state index in [1.165, 1.54) is 6.07 Å². The van der Waals surface area contributed by atoms with Crippen molar-refractivity contribution >= 4 is 23.3 Å². The Labute approximate surface area is 198 Å². The van der Waals surface area contributed by atoms with Gasteiger partial charge in [-0.15, -0.1) is 0 Å². The number of halogens is 2. The van der Waals surface area contributed by atoms with E-state index in [1.54, 1.807) is 47.5 Å². The molecule has 7 heteroatoms. The molecule has 1 atom stereocenters. The van der Waals surface area contributed by atoms with Crippen molar-refractivity contribution in [1.29, 1.82) is 0 Å². The number of carbonyl (C=O) groups is 2. The van der Waals surface area contributed by atoms with Crippen LogP contribution >= 0.6 is 11.6 Å². The van der Waals surface area contributed by atoms with Crippen LogP contribution in [-0.4, -0.2) is 61.4 Å². The Morgan fingerprint density at radius 2 is 1.94 bits per heavy atom. The molecule has 2 aliphatic rings. The molecule has 0 bridgehead atoms. The van der Waals surface area contributed by atoms with Gasteiger partial charge in [0.25, 0.3) is 5.91 Å². The third-order valence-electron chi connectivity index (χ3n) is 5.93. The smallest absolute Gasteiger partial charge is 0.254 e. The number of ketones is 1. The first kappa shape index (κ1) is 23.2. The topological polar surface area (TPSA) is 49.9 Å². The van der Waals surface area contributed by atoms with E-state index in [0.29, 0.717) is 48.6 Å². The number of rotatable bonds is 6. The Bertz CT molecular complexity index is 1110. The maximum Gasteiger partial charge on any atom is 0.254 e. The lowest BCUT2D eigenvalue weighted by atomic mass is 9.84. The number of allylic oxidation sites excluding steroid dienone is 2. The minimum absolute atomic E-state index is 0.0672. The number of likely N-dealkylation sites (N-methyl/N-ethyl adjacent to an activating group) is 1. The molecule has 172 valence electrons. The van der Waals surface area contributed by atoms with Crippen LogP contribution in [0.1, 0.15) is 33.8 Å². The molecule has 0 aliphatic carbocycles. The second kappa shape index (κ2) is 10.3. The van der Waals surface area contributed by atoms with Crippen molar-refractivity contribution in [2.75, 3.05) is 39.9 Å². The highest BCUT2D eigenvalue weighted by molar-refractivity contribution is 6.30. The highest BCUT2D eigenvalue weighted by Gasteiger charge is 2.25. The van der Waals surface area contributed by atoms with Crippen LogP contribution in [0, 0.1) is 5.82 Å². The number of benzene rings is 2. The van der Waals surface area contributed by atoms with Gasteiger partial charge in [-0.25, -0.2) is 4.39 Å². The summed E-state index contributed by atoms with van der Waals surface area (Å²) in [7, 11) is 1.90. The average molecular weight is 469 g/mol. The van der Waals surface area contributed by atoms with Crippen molar-refractivity contribution < 1.29 is 18.7 Å². The van der Waals surface area contributed by atoms with Gasteiger partial charge in [-0.2, -0.15) is 0 Å². The molecule has 2 aromatic carbocycles. The molecule has 33 heavy (non-hydrogen) atoms. The lowest BCUT2D eigenvalue weighted by molar-refractivity contribution is -0.115. The molecule has 0 saturated carbocycles. The lowest BCUT2D eigenvalue weighted by Crippen LogP contribution is -2.40. The Hall–Kier alpha value is -2.96. The zero-order valence-corrected chi connectivity index (χ0v) is 19.2. The summed E-state index contributed by atoms with van der Waals surface area (Å²) >= 11 is 5.97. The molecule has 2 heterocycles. The molecule has 0 aromatic heterocycles. The van der Waals surface area contributed by atoms with Gasteiger partial charge in [0, 0.05) is 61.4 Å². The van der Waals surface area contributed by atoms with Gasteiger partial charge in [0.2, 0.25) is 0 Å². The van der Waals surface area contributed by atoms with E-state index in [9.17, 15) is 14.0 Å². The number of hydrogen-bond acceptors (Lipinski definition) is 4. The van der Waals surface area contributed by atoms with Gasteiger partial charge in [0.05, 0.1) is 13.2 Å². The Morgan fingerprint density at radius 1 is 1.15 bits per heavy atom. The number of ether oxygens (including phenoxy) is 1. The number of amides is 1. The van der Waals surface area contributed by atoms with E-state index in [1.807, 2.05) is 24.1 Å². The quantitative estimate of drug-likeness (QED) is 0.629. The molecular formula is C26H26ClFN2O3. The normalized spacial score (nSPS) is 17.0. The molecule has 1 amide bonds. The summed E-state index contributed by atoms with van der Waals surface area (Å²) in [5, 5.41) is 0.289. The van der Waals surface area contributed by atoms with Crippen molar-refractivity contribution in [1.82, 2.24) is 9.80 Å². The van der Waals surface area contributed by atoms with Crippen molar-refractivity contribution in [2.24, 2.45) is 0 Å². The molecule has 0 N–H and O–H groups in total. The first-order valence-corrected chi connectivity index (χ1v) is 11.3. The zero-order chi connectivity index (χ0) is 23.4. The van der Waals surface area contributed by atoms with Gasteiger partial charge >= 0.3 is 0 Å². The minimum atomic E-state index is -0.561. The molecule has 1 saturated heterocycles. The number of morpholine rings is 1. The first-order valence-electron chi connectivity index (χ1n) is 11.0. The van der Waals surface area contributed by atoms with Gasteiger partial charge in [0.15, 0.2) is 5.78 Å². The largest absolute Gasteiger partial charge is 0.378 e. The summed E-state index contributed by atoms with van der Waals surface area (Å²) in [6.45, 7) is 2.82. The van der Waals surface area contributed by atoms with Crippen molar-refractivity contribution in [3.05, 3.63) is 93.9 Å². The molecule has 5 nitrogen and oxygen atoms in total. The van der Waals surface area contributed by atoms with Crippen LogP contribution in [0.4, 0.5) is 4.39 Å². The number of hydrogen-bond donors (Lipinski definition) is 0. The minimum Gasteiger partial charge on any atom is -0.378 e. The fraction of sp³-hybridized carbons (Fsp3) is 0.308. The van der Waals surface area contributed by atoms with Crippen LogP contribution in [0.15, 0.2) is 66.4 Å². The van der Waals surface area contributed by atoms with Crippen LogP contribution in [0.5, 0.6) is 0 Å². The SMILES string of the molecule is CN1C=C(C(=O)CC(c2cccc(C(=O)N3CCOCC3)c2)c2ccc(Cl)cc2F)C=CC1. The summed E-state index contributed by atoms with van der Waals surface area (Å²) in [6, 6.07) is 11.6. The Balaban J connectivity index is 1.68. The van der Waals surface area contributed by atoms with E-state index in [-0.39, 0.29) is 23.1 Å². The van der Waals surface area contributed by atoms with E-state index in [0.717, 1.165) is 6.54 Å². The predicted octanol–water partition coefficient (Wildman–Crippen LogP) is 4.43. The predicted molar refractivity (Wildman–Crippen MR) is 126 cm³/mol. The summed E-state index contributed by atoms with van der Waals surface area (Å²) in [4.78, 5) is 29.9. The van der Waals surface area contributed by atoms with Crippen molar-refractivity contribution in [3.8, 4) is 0 Å². The Morgan fingerprint density at radius 3 is 2.67 bits per heavy atom. The van der Waals surface area contributed by atoms with E-state index in [4.69, 9.17) is 16.3 Å². The molecular weight excluding hydrogens is 443 g/mol. The third-order valence-corrected chi connectivity index (χ3v) is 6.17. The second-order valence-corrected chi connectivity index (χ2v) is 8.74. The van der Waals surface area contributed by atoms with Crippen LogP contribution in [0.3, 0.4) is 0 Å². The fourth-order valence-electron chi connectivity index (χ4n) is 4.18. The van der Waals surface area contributed by atoms with Gasteiger partial charge in [-0.1, -0.05) is 42.0 Å². The molecule has 4 rings (SSSR count). The standard InChI is InChI=1S/C26H26ClFN2O3/c1-29-9-3-6-20(17-29)25(31)16-23(22-8-7-21(27)15-24(22)28)18-4-2-5-19(14-18)26(32)30-10-12-33-13-11-30/h2-8,14-15,17,23H,9-13,16H2,1H3. The molecule has 2 aromatic rings. The maximum atomic E-state index is 15.0. The number of nitrogens with zero attached hydrogens (tertiary/aromatic N) is 2. The summed E-state index contributed by atoms with van der Waals surface area (Å²) in [5.74, 6) is -1.23. The monoisotopic (exact) mass is 468 g/mol. The van der Waals surface area contributed by atoms with Crippen LogP contribution in [-0.2, 0) is 9.53 Å². The van der Waals surface area contributed by atoms with Crippen LogP contribution < -0.4 is 0 Å². The van der Waals surface area contributed by atoms with Gasteiger partial charge in [0.1, 0.15) is 5.82 Å². The number of carbonyl (C=O) groups excluding carboxylic acids is 2. The van der Waals surface area contributed by atoms with Gasteiger partial charge in [-0.05, 0) is 35.4 Å². The molecule has 1 fully saturated rings. The summed E-state index contributed by atoms with van der Waals surface area (Å²) in [5.41, 5.74) is 2.16. The Kier molecular flexibility index (Phi) is 7.26. The molecule has 0 radical (unpaired) electrons. The van der Waals surface area contributed by atoms with E-state index in [2.05, 4.69) is 0 Å². The van der Waals surface area contributed by atoms with E-state index < -0.39 is 11.7 Å². The molecule has 0 spiro atoms. The van der Waals surface area contributed by atoms with Gasteiger partial charge < -0.3 is 14.5 Å². The van der Waals surface area contributed by atoms with Gasteiger partial charge in [-0.3, -0.25) is 9.59 Å². The highest BCUT2D eigenvalue weighted by atomic mass is 35.5. The fourth-order valence-corrected chi connectivity index (χ4v) is 4.34. The highest BCUT2D eigenvalue weighted by Crippen LogP contribution is 2.33. The average Bonchev–Trinajstić information content (AvgIpc) is 2.83. The maximum absolute atomic E-state index is 15.0. The third kappa shape index (κ3) is 5.52. The molecule has 1 unspecified atom stereocenters. The second-order valence-electron chi connectivity index (χ2n) is 8.30. The van der Waals surface area contributed by atoms with Crippen LogP contribution in [0.25, 0.3) is 0 Å². The van der Waals surface area contributed by atoms with Crippen LogP contribution in [0.2, 0.25) is 5.02 Å².